The Hall–Kier alpha value is -1.59. The van der Waals surface area contributed by atoms with Crippen LogP contribution in [0.2, 0.25) is 0 Å². The van der Waals surface area contributed by atoms with Crippen LogP contribution in [0, 0.1) is 0 Å². The summed E-state index contributed by atoms with van der Waals surface area (Å²) in [6.45, 7) is 1.53. The highest BCUT2D eigenvalue weighted by molar-refractivity contribution is 5.94. The quantitative estimate of drug-likeness (QED) is 0.323. The van der Waals surface area contributed by atoms with E-state index in [-0.39, 0.29) is 17.6 Å². The summed E-state index contributed by atoms with van der Waals surface area (Å²) >= 11 is 0. The smallest absolute Gasteiger partial charge is 0.319 e. The van der Waals surface area contributed by atoms with E-state index < -0.39 is 0 Å². The number of rotatable bonds is 1. The van der Waals surface area contributed by atoms with Gasteiger partial charge in [0.25, 0.3) is 0 Å². The van der Waals surface area contributed by atoms with Gasteiger partial charge in [0.2, 0.25) is 5.82 Å². The van der Waals surface area contributed by atoms with Gasteiger partial charge in [0, 0.05) is 0 Å². The number of oxime groups is 1. The molecule has 0 aliphatic carbocycles. The lowest BCUT2D eigenvalue weighted by Gasteiger charge is -1.82. The zero-order valence-corrected chi connectivity index (χ0v) is 5.27. The average Bonchev–Trinajstić information content (AvgIpc) is 2.34. The third kappa shape index (κ3) is 1.04. The van der Waals surface area contributed by atoms with E-state index in [1.54, 1.807) is 0 Å². The summed E-state index contributed by atoms with van der Waals surface area (Å²) in [6.07, 6.45) is 0. The third-order valence-electron chi connectivity index (χ3n) is 0.915. The molecule has 0 saturated carbocycles. The molecule has 3 N–H and O–H groups in total. The van der Waals surface area contributed by atoms with E-state index >= 15 is 0 Å². The molecule has 1 aromatic heterocycles. The molecule has 0 aromatic carbocycles. The fourth-order valence-electron chi connectivity index (χ4n) is 0.427. The fourth-order valence-corrected chi connectivity index (χ4v) is 0.427. The summed E-state index contributed by atoms with van der Waals surface area (Å²) in [5.74, 6) is 0.194. The fraction of sp³-hybridized carbons (Fsp3) is 0.250. The minimum absolute atomic E-state index is 0.0435. The molecule has 0 radical (unpaired) electrons. The zero-order chi connectivity index (χ0) is 7.56. The number of nitrogens with two attached hydrogens (primary N) is 1. The van der Waals surface area contributed by atoms with E-state index in [1.165, 1.54) is 6.92 Å². The minimum Gasteiger partial charge on any atom is -0.411 e. The number of hydrogen-bond donors (Lipinski definition) is 2. The maximum Gasteiger partial charge on any atom is 0.319 e. The number of aromatic nitrogens is 2. The Kier molecular flexibility index (Phi) is 1.53. The van der Waals surface area contributed by atoms with E-state index in [1.807, 2.05) is 0 Å². The molecule has 0 amide bonds. The van der Waals surface area contributed by atoms with E-state index in [4.69, 9.17) is 10.9 Å². The molecule has 0 unspecified atom stereocenters. The van der Waals surface area contributed by atoms with Gasteiger partial charge in [-0.15, -0.1) is 0 Å². The molecule has 0 aliphatic heterocycles. The Morgan fingerprint density at radius 3 is 2.90 bits per heavy atom. The molecule has 0 fully saturated rings. The van der Waals surface area contributed by atoms with Crippen LogP contribution >= 0.6 is 0 Å². The summed E-state index contributed by atoms with van der Waals surface area (Å²) < 4.78 is 4.41. The Balaban J connectivity index is 2.95. The second-order valence-electron chi connectivity index (χ2n) is 1.64. The van der Waals surface area contributed by atoms with Crippen molar-refractivity contribution in [2.24, 2.45) is 5.16 Å². The monoisotopic (exact) mass is 142 g/mol. The lowest BCUT2D eigenvalue weighted by molar-refractivity contribution is 0.318. The van der Waals surface area contributed by atoms with Gasteiger partial charge >= 0.3 is 6.01 Å². The molecule has 6 heteroatoms. The summed E-state index contributed by atoms with van der Waals surface area (Å²) in [6, 6.07) is -0.0435. The molecule has 1 heterocycles. The molecule has 6 nitrogen and oxygen atoms in total. The van der Waals surface area contributed by atoms with Gasteiger partial charge in [0.05, 0.1) is 0 Å². The first-order chi connectivity index (χ1) is 4.74. The Morgan fingerprint density at radius 2 is 2.50 bits per heavy atom. The molecular weight excluding hydrogens is 136 g/mol. The molecule has 1 aromatic rings. The Bertz CT molecular complexity index is 254. The van der Waals surface area contributed by atoms with Crippen LogP contribution in [0.4, 0.5) is 6.01 Å². The topological polar surface area (TPSA) is 97.5 Å². The van der Waals surface area contributed by atoms with Gasteiger partial charge < -0.3 is 15.5 Å². The van der Waals surface area contributed by atoms with Crippen LogP contribution in [0.15, 0.2) is 9.68 Å². The lowest BCUT2D eigenvalue weighted by atomic mass is 10.4. The van der Waals surface area contributed by atoms with E-state index in [2.05, 4.69) is 19.8 Å². The van der Waals surface area contributed by atoms with Crippen LogP contribution in [0.3, 0.4) is 0 Å². The molecule has 1 rings (SSSR count). The van der Waals surface area contributed by atoms with Gasteiger partial charge in [-0.2, -0.15) is 4.98 Å². The standard InChI is InChI=1S/C4H6N4O2/c1-2(7-9)3-6-4(5)10-8-3/h9H,1H3,(H2,5,6,8)/b7-2+. The van der Waals surface area contributed by atoms with Gasteiger partial charge in [0.1, 0.15) is 5.71 Å². The van der Waals surface area contributed by atoms with Crippen molar-refractivity contribution < 1.29 is 9.73 Å². The van der Waals surface area contributed by atoms with E-state index in [0.29, 0.717) is 0 Å². The Labute approximate surface area is 56.3 Å². The highest BCUT2D eigenvalue weighted by Gasteiger charge is 2.05. The molecule has 0 spiro atoms. The van der Waals surface area contributed by atoms with Crippen molar-refractivity contribution in [2.75, 3.05) is 5.73 Å². The second-order valence-corrected chi connectivity index (χ2v) is 1.64. The largest absolute Gasteiger partial charge is 0.411 e. The summed E-state index contributed by atoms with van der Waals surface area (Å²) in [5, 5.41) is 14.5. The molecule has 0 atom stereocenters. The van der Waals surface area contributed by atoms with Crippen LogP contribution in [-0.4, -0.2) is 21.1 Å². The zero-order valence-electron chi connectivity index (χ0n) is 5.27. The first kappa shape index (κ1) is 6.53. The van der Waals surface area contributed by atoms with Crippen LogP contribution < -0.4 is 5.73 Å². The third-order valence-corrected chi connectivity index (χ3v) is 0.915. The van der Waals surface area contributed by atoms with Gasteiger partial charge in [-0.25, -0.2) is 0 Å². The average molecular weight is 142 g/mol. The minimum atomic E-state index is -0.0435. The van der Waals surface area contributed by atoms with Crippen molar-refractivity contribution >= 4 is 11.7 Å². The molecule has 0 aliphatic rings. The number of nitrogen functional groups attached to an aromatic ring is 1. The molecule has 0 saturated heterocycles. The first-order valence-electron chi connectivity index (χ1n) is 2.52. The van der Waals surface area contributed by atoms with Crippen molar-refractivity contribution in [1.29, 1.82) is 0 Å². The summed E-state index contributed by atoms with van der Waals surface area (Å²) in [5.41, 5.74) is 5.36. The Morgan fingerprint density at radius 1 is 1.80 bits per heavy atom. The molecule has 10 heavy (non-hydrogen) atoms. The van der Waals surface area contributed by atoms with Crippen LogP contribution in [0.5, 0.6) is 0 Å². The van der Waals surface area contributed by atoms with Crippen molar-refractivity contribution in [2.45, 2.75) is 6.92 Å². The highest BCUT2D eigenvalue weighted by atomic mass is 16.5. The van der Waals surface area contributed by atoms with Gasteiger partial charge in [0.15, 0.2) is 0 Å². The summed E-state index contributed by atoms with van der Waals surface area (Å²) in [7, 11) is 0. The maximum atomic E-state index is 8.22. The predicted octanol–water partition coefficient (Wildman–Crippen LogP) is -0.150. The maximum absolute atomic E-state index is 8.22. The number of hydrogen-bond acceptors (Lipinski definition) is 6. The predicted molar refractivity (Wildman–Crippen MR) is 32.7 cm³/mol. The molecule has 54 valence electrons. The number of nitrogens with zero attached hydrogens (tertiary/aromatic N) is 3. The lowest BCUT2D eigenvalue weighted by Crippen LogP contribution is -1.97. The summed E-state index contributed by atoms with van der Waals surface area (Å²) in [4.78, 5) is 3.59. The van der Waals surface area contributed by atoms with Crippen molar-refractivity contribution in [3.05, 3.63) is 5.82 Å². The van der Waals surface area contributed by atoms with Crippen molar-refractivity contribution in [3.63, 3.8) is 0 Å². The highest BCUT2D eigenvalue weighted by Crippen LogP contribution is 1.98. The molecular formula is C4H6N4O2. The SMILES string of the molecule is C/C(=N\O)c1noc(N)n1. The van der Waals surface area contributed by atoms with E-state index in [9.17, 15) is 0 Å². The van der Waals surface area contributed by atoms with Gasteiger partial charge in [-0.1, -0.05) is 10.3 Å². The van der Waals surface area contributed by atoms with E-state index in [0.717, 1.165) is 0 Å². The molecule has 0 bridgehead atoms. The van der Waals surface area contributed by atoms with Crippen molar-refractivity contribution in [3.8, 4) is 0 Å². The van der Waals surface area contributed by atoms with Gasteiger partial charge in [-0.3, -0.25) is 0 Å². The first-order valence-corrected chi connectivity index (χ1v) is 2.52. The second kappa shape index (κ2) is 2.34. The van der Waals surface area contributed by atoms with Crippen LogP contribution in [0.1, 0.15) is 12.7 Å². The van der Waals surface area contributed by atoms with Crippen LogP contribution in [0.25, 0.3) is 0 Å². The van der Waals surface area contributed by atoms with Crippen LogP contribution in [-0.2, 0) is 0 Å². The normalized spacial score (nSPS) is 11.9. The number of anilines is 1. The van der Waals surface area contributed by atoms with Crippen molar-refractivity contribution in [1.82, 2.24) is 10.1 Å². The van der Waals surface area contributed by atoms with Gasteiger partial charge in [-0.05, 0) is 6.92 Å².